The third-order valence-electron chi connectivity index (χ3n) is 4.13. The highest BCUT2D eigenvalue weighted by Gasteiger charge is 2.26. The Morgan fingerprint density at radius 3 is 2.81 bits per heavy atom. The van der Waals surface area contributed by atoms with Crippen LogP contribution in [-0.2, 0) is 0 Å². The van der Waals surface area contributed by atoms with Crippen LogP contribution in [-0.4, -0.2) is 53.5 Å². The van der Waals surface area contributed by atoms with Crippen molar-refractivity contribution in [3.05, 3.63) is 46.1 Å². The lowest BCUT2D eigenvalue weighted by Crippen LogP contribution is -2.26. The number of carbonyl (C=O) groups excluding carboxylic acids is 1. The summed E-state index contributed by atoms with van der Waals surface area (Å²) in [5, 5.41) is 1.52. The molecule has 1 aromatic carbocycles. The first-order valence-electron chi connectivity index (χ1n) is 8.33. The van der Waals surface area contributed by atoms with E-state index in [2.05, 4.69) is 9.97 Å². The van der Waals surface area contributed by atoms with Gasteiger partial charge in [-0.3, -0.25) is 4.79 Å². The van der Waals surface area contributed by atoms with Crippen LogP contribution in [0, 0.1) is 6.92 Å². The Bertz CT molecular complexity index is 886. The summed E-state index contributed by atoms with van der Waals surface area (Å²) in [6.45, 7) is 2.59. The van der Waals surface area contributed by atoms with Crippen LogP contribution in [0.5, 0.6) is 11.6 Å². The van der Waals surface area contributed by atoms with Gasteiger partial charge < -0.3 is 14.4 Å². The summed E-state index contributed by atoms with van der Waals surface area (Å²) in [5.74, 6) is 2.09. The molecule has 2 aromatic rings. The minimum absolute atomic E-state index is 0.0300. The number of nitrogens with zero attached hydrogens (tertiary/aromatic N) is 3. The molecule has 0 aliphatic carbocycles. The standard InChI is InChI=1S/C19H21N3O3S2/c1-12-9-13(5-6-15(12)24-2)18(23)22-7-8-27-16(22)10-14-11-20-19(26-4)21-17(14)25-3/h5-6,9-11H,7-8H2,1-4H3/b16-10+. The number of methoxy groups -OCH3 is 2. The van der Waals surface area contributed by atoms with Crippen molar-refractivity contribution in [2.75, 3.05) is 32.8 Å². The van der Waals surface area contributed by atoms with E-state index in [1.807, 2.05) is 31.4 Å². The van der Waals surface area contributed by atoms with E-state index in [1.165, 1.54) is 11.8 Å². The Morgan fingerprint density at radius 2 is 2.15 bits per heavy atom. The normalized spacial score (nSPS) is 15.3. The average molecular weight is 404 g/mol. The summed E-state index contributed by atoms with van der Waals surface area (Å²) < 4.78 is 10.7. The van der Waals surface area contributed by atoms with Gasteiger partial charge in [-0.05, 0) is 43.0 Å². The van der Waals surface area contributed by atoms with E-state index in [-0.39, 0.29) is 5.91 Å². The van der Waals surface area contributed by atoms with Gasteiger partial charge in [0.2, 0.25) is 5.88 Å². The van der Waals surface area contributed by atoms with Crippen LogP contribution < -0.4 is 9.47 Å². The van der Waals surface area contributed by atoms with Gasteiger partial charge >= 0.3 is 0 Å². The van der Waals surface area contributed by atoms with Gasteiger partial charge in [0.05, 0.1) is 24.8 Å². The molecule has 1 amide bonds. The van der Waals surface area contributed by atoms with Gasteiger partial charge in [0, 0.05) is 24.1 Å². The second kappa shape index (κ2) is 8.67. The Kier molecular flexibility index (Phi) is 6.28. The van der Waals surface area contributed by atoms with Gasteiger partial charge in [-0.2, -0.15) is 4.98 Å². The Balaban J connectivity index is 1.90. The molecule has 1 aromatic heterocycles. The van der Waals surface area contributed by atoms with E-state index in [1.54, 1.807) is 43.1 Å². The molecule has 0 radical (unpaired) electrons. The summed E-state index contributed by atoms with van der Waals surface area (Å²) in [7, 11) is 3.21. The third-order valence-corrected chi connectivity index (χ3v) is 5.71. The second-order valence-electron chi connectivity index (χ2n) is 5.79. The van der Waals surface area contributed by atoms with Crippen molar-refractivity contribution >= 4 is 35.5 Å². The topological polar surface area (TPSA) is 64.5 Å². The van der Waals surface area contributed by atoms with Gasteiger partial charge in [0.25, 0.3) is 5.91 Å². The van der Waals surface area contributed by atoms with Crippen molar-refractivity contribution in [3.63, 3.8) is 0 Å². The van der Waals surface area contributed by atoms with E-state index in [0.29, 0.717) is 23.1 Å². The Morgan fingerprint density at radius 1 is 1.33 bits per heavy atom. The maximum atomic E-state index is 13.0. The number of hydrogen-bond acceptors (Lipinski definition) is 7. The molecular weight excluding hydrogens is 382 g/mol. The molecule has 1 aliphatic rings. The van der Waals surface area contributed by atoms with E-state index in [9.17, 15) is 4.79 Å². The number of amides is 1. The molecule has 1 fully saturated rings. The van der Waals surface area contributed by atoms with Crippen molar-refractivity contribution in [1.82, 2.24) is 14.9 Å². The van der Waals surface area contributed by atoms with Crippen LogP contribution in [0.4, 0.5) is 0 Å². The lowest BCUT2D eigenvalue weighted by molar-refractivity contribution is 0.0831. The van der Waals surface area contributed by atoms with Crippen molar-refractivity contribution in [2.24, 2.45) is 0 Å². The monoisotopic (exact) mass is 403 g/mol. The Hall–Kier alpha value is -2.19. The zero-order valence-electron chi connectivity index (χ0n) is 15.7. The molecule has 27 heavy (non-hydrogen) atoms. The largest absolute Gasteiger partial charge is 0.496 e. The smallest absolute Gasteiger partial charge is 0.258 e. The average Bonchev–Trinajstić information content (AvgIpc) is 3.15. The third kappa shape index (κ3) is 4.22. The van der Waals surface area contributed by atoms with Crippen LogP contribution in [0.25, 0.3) is 6.08 Å². The maximum absolute atomic E-state index is 13.0. The predicted octanol–water partition coefficient (Wildman–Crippen LogP) is 3.71. The van der Waals surface area contributed by atoms with Crippen molar-refractivity contribution in [3.8, 4) is 11.6 Å². The van der Waals surface area contributed by atoms with E-state index in [0.717, 1.165) is 27.7 Å². The molecule has 0 spiro atoms. The fourth-order valence-corrected chi connectivity index (χ4v) is 4.13. The van der Waals surface area contributed by atoms with Gasteiger partial charge in [-0.1, -0.05) is 11.8 Å². The maximum Gasteiger partial charge on any atom is 0.258 e. The number of ether oxygens (including phenoxy) is 2. The summed E-state index contributed by atoms with van der Waals surface area (Å²) in [4.78, 5) is 23.5. The van der Waals surface area contributed by atoms with Crippen molar-refractivity contribution in [2.45, 2.75) is 12.1 Å². The molecule has 3 rings (SSSR count). The quantitative estimate of drug-likeness (QED) is 0.557. The molecule has 1 aliphatic heterocycles. The zero-order valence-corrected chi connectivity index (χ0v) is 17.3. The first-order valence-corrected chi connectivity index (χ1v) is 10.5. The minimum Gasteiger partial charge on any atom is -0.496 e. The number of hydrogen-bond donors (Lipinski definition) is 0. The summed E-state index contributed by atoms with van der Waals surface area (Å²) in [6, 6.07) is 5.48. The van der Waals surface area contributed by atoms with Gasteiger partial charge in [-0.15, -0.1) is 11.8 Å². The predicted molar refractivity (Wildman–Crippen MR) is 110 cm³/mol. The lowest BCUT2D eigenvalue weighted by atomic mass is 10.1. The minimum atomic E-state index is -0.0300. The molecular formula is C19H21N3O3S2. The van der Waals surface area contributed by atoms with Gasteiger partial charge in [-0.25, -0.2) is 4.98 Å². The molecule has 1 saturated heterocycles. The molecule has 6 nitrogen and oxygen atoms in total. The summed E-state index contributed by atoms with van der Waals surface area (Å²) in [5.41, 5.74) is 2.33. The SMILES string of the molecule is COc1ccc(C(=O)N2CCS/C2=C/c2cnc(SC)nc2OC)cc1C. The van der Waals surface area contributed by atoms with Crippen LogP contribution in [0.3, 0.4) is 0 Å². The molecule has 8 heteroatoms. The highest BCUT2D eigenvalue weighted by molar-refractivity contribution is 8.03. The molecule has 0 saturated carbocycles. The number of aryl methyl sites for hydroxylation is 1. The second-order valence-corrected chi connectivity index (χ2v) is 7.68. The number of aromatic nitrogens is 2. The molecule has 2 heterocycles. The number of thioether (sulfide) groups is 2. The van der Waals surface area contributed by atoms with Crippen molar-refractivity contribution < 1.29 is 14.3 Å². The van der Waals surface area contributed by atoms with Crippen LogP contribution in [0.1, 0.15) is 21.5 Å². The first-order chi connectivity index (χ1) is 13.1. The highest BCUT2D eigenvalue weighted by Crippen LogP contribution is 2.33. The first kappa shape index (κ1) is 19.6. The van der Waals surface area contributed by atoms with Gasteiger partial charge in [0.1, 0.15) is 5.75 Å². The summed E-state index contributed by atoms with van der Waals surface area (Å²) in [6.07, 6.45) is 5.55. The van der Waals surface area contributed by atoms with E-state index < -0.39 is 0 Å². The van der Waals surface area contributed by atoms with Crippen LogP contribution in [0.15, 0.2) is 34.6 Å². The van der Waals surface area contributed by atoms with Gasteiger partial charge in [0.15, 0.2) is 5.16 Å². The Labute approximate surface area is 167 Å². The number of benzene rings is 1. The lowest BCUT2D eigenvalue weighted by Gasteiger charge is -2.18. The molecule has 0 bridgehead atoms. The molecule has 0 N–H and O–H groups in total. The molecule has 142 valence electrons. The fourth-order valence-electron chi connectivity index (χ4n) is 2.77. The summed E-state index contributed by atoms with van der Waals surface area (Å²) >= 11 is 3.09. The molecule has 0 unspecified atom stereocenters. The van der Waals surface area contributed by atoms with Crippen LogP contribution >= 0.6 is 23.5 Å². The highest BCUT2D eigenvalue weighted by atomic mass is 32.2. The number of carbonyl (C=O) groups is 1. The van der Waals surface area contributed by atoms with Crippen molar-refractivity contribution in [1.29, 1.82) is 0 Å². The fraction of sp³-hybridized carbons (Fsp3) is 0.316. The number of rotatable bonds is 5. The van der Waals surface area contributed by atoms with E-state index in [4.69, 9.17) is 9.47 Å². The zero-order chi connectivity index (χ0) is 19.4. The molecule has 0 atom stereocenters. The van der Waals surface area contributed by atoms with E-state index >= 15 is 0 Å². The van der Waals surface area contributed by atoms with Crippen LogP contribution in [0.2, 0.25) is 0 Å².